The summed E-state index contributed by atoms with van der Waals surface area (Å²) in [6, 6.07) is 5.81. The topological polar surface area (TPSA) is 89.2 Å². The van der Waals surface area contributed by atoms with Crippen molar-refractivity contribution in [1.29, 1.82) is 0 Å². The molecule has 2 heterocycles. The van der Waals surface area contributed by atoms with E-state index in [1.807, 2.05) is 22.6 Å². The van der Waals surface area contributed by atoms with Crippen molar-refractivity contribution in [2.24, 2.45) is 7.05 Å². The van der Waals surface area contributed by atoms with E-state index in [1.54, 1.807) is 6.07 Å². The summed E-state index contributed by atoms with van der Waals surface area (Å²) in [4.78, 5) is 28.4. The average molecular weight is 456 g/mol. The van der Waals surface area contributed by atoms with Crippen LogP contribution in [0.15, 0.2) is 40.2 Å². The number of aliphatic hydroxyl groups is 1. The molecule has 7 nitrogen and oxygen atoms in total. The van der Waals surface area contributed by atoms with Gasteiger partial charge in [-0.3, -0.25) is 14.2 Å². The van der Waals surface area contributed by atoms with E-state index < -0.39 is 11.4 Å². The van der Waals surface area contributed by atoms with Crippen LogP contribution < -0.4 is 16.4 Å². The smallest absolute Gasteiger partial charge is 0.284 e. The predicted molar refractivity (Wildman–Crippen MR) is 101 cm³/mol. The third-order valence-electron chi connectivity index (χ3n) is 3.75. The Kier molecular flexibility index (Phi) is 4.86. The number of pyridine rings is 1. The van der Waals surface area contributed by atoms with Gasteiger partial charge in [0, 0.05) is 23.2 Å². The van der Waals surface area contributed by atoms with E-state index in [1.165, 1.54) is 40.7 Å². The highest BCUT2D eigenvalue weighted by Crippen LogP contribution is 2.24. The number of aryl methyl sites for hydroxylation is 1. The van der Waals surface area contributed by atoms with Crippen molar-refractivity contribution in [1.82, 2.24) is 14.1 Å². The number of hydrogen-bond donors (Lipinski definition) is 2. The maximum absolute atomic E-state index is 14.1. The molecule has 0 aliphatic carbocycles. The van der Waals surface area contributed by atoms with Crippen LogP contribution in [-0.2, 0) is 13.6 Å². The van der Waals surface area contributed by atoms with Crippen LogP contribution in [0, 0.1) is 9.39 Å². The Morgan fingerprint density at radius 2 is 2.04 bits per heavy atom. The number of benzene rings is 1. The van der Waals surface area contributed by atoms with Gasteiger partial charge in [-0.25, -0.2) is 4.39 Å². The first kappa shape index (κ1) is 17.5. The molecule has 0 aliphatic heterocycles. The first-order chi connectivity index (χ1) is 11.9. The number of rotatable bonds is 4. The van der Waals surface area contributed by atoms with Gasteiger partial charge in [0.05, 0.1) is 18.0 Å². The molecule has 0 atom stereocenters. The fourth-order valence-corrected chi connectivity index (χ4v) is 3.03. The quantitative estimate of drug-likeness (QED) is 0.583. The minimum absolute atomic E-state index is 0.145. The molecular weight excluding hydrogens is 442 g/mol. The molecule has 0 amide bonds. The van der Waals surface area contributed by atoms with Crippen LogP contribution in [0.5, 0.6) is 0 Å². The van der Waals surface area contributed by atoms with Gasteiger partial charge in [-0.2, -0.15) is 4.98 Å². The lowest BCUT2D eigenvalue weighted by molar-refractivity contribution is 0.276. The summed E-state index contributed by atoms with van der Waals surface area (Å²) in [6.45, 7) is -0.0182. The van der Waals surface area contributed by atoms with E-state index in [9.17, 15) is 19.1 Å². The molecule has 0 spiro atoms. The summed E-state index contributed by atoms with van der Waals surface area (Å²) in [5.74, 6) is -0.500. The fraction of sp³-hybridized carbons (Fsp3) is 0.188. The largest absolute Gasteiger partial charge is 0.395 e. The Bertz CT molecular complexity index is 1080. The molecule has 0 saturated heterocycles. The first-order valence-electron chi connectivity index (χ1n) is 7.34. The maximum Gasteiger partial charge on any atom is 0.284 e. The molecule has 0 bridgehead atoms. The van der Waals surface area contributed by atoms with E-state index in [4.69, 9.17) is 0 Å². The average Bonchev–Trinajstić information content (AvgIpc) is 2.56. The summed E-state index contributed by atoms with van der Waals surface area (Å²) in [6.07, 6.45) is 1.27. The van der Waals surface area contributed by atoms with Crippen LogP contribution in [0.3, 0.4) is 0 Å². The summed E-state index contributed by atoms with van der Waals surface area (Å²) in [7, 11) is 1.52. The van der Waals surface area contributed by atoms with Crippen LogP contribution >= 0.6 is 22.6 Å². The van der Waals surface area contributed by atoms with E-state index in [-0.39, 0.29) is 35.5 Å². The van der Waals surface area contributed by atoms with Crippen molar-refractivity contribution < 1.29 is 9.50 Å². The Balaban J connectivity index is 2.28. The third-order valence-corrected chi connectivity index (χ3v) is 4.42. The van der Waals surface area contributed by atoms with Crippen molar-refractivity contribution in [2.45, 2.75) is 6.54 Å². The maximum atomic E-state index is 14.1. The summed E-state index contributed by atoms with van der Waals surface area (Å²) >= 11 is 1.99. The zero-order valence-corrected chi connectivity index (χ0v) is 15.3. The van der Waals surface area contributed by atoms with Crippen LogP contribution in [0.2, 0.25) is 0 Å². The number of aliphatic hydroxyl groups excluding tert-OH is 1. The zero-order valence-electron chi connectivity index (χ0n) is 13.2. The van der Waals surface area contributed by atoms with Gasteiger partial charge in [0.2, 0.25) is 0 Å². The van der Waals surface area contributed by atoms with Gasteiger partial charge in [-0.05, 0) is 40.8 Å². The van der Waals surface area contributed by atoms with E-state index in [2.05, 4.69) is 10.3 Å². The number of nitrogens with zero attached hydrogens (tertiary/aromatic N) is 3. The van der Waals surface area contributed by atoms with Gasteiger partial charge in [-0.15, -0.1) is 0 Å². The zero-order chi connectivity index (χ0) is 18.1. The molecule has 3 aromatic rings. The number of halogens is 2. The number of anilines is 2. The lowest BCUT2D eigenvalue weighted by Gasteiger charge is -2.15. The number of hydrogen-bond acceptors (Lipinski definition) is 5. The molecule has 25 heavy (non-hydrogen) atoms. The van der Waals surface area contributed by atoms with Crippen molar-refractivity contribution in [3.8, 4) is 0 Å². The molecule has 0 radical (unpaired) electrons. The monoisotopic (exact) mass is 456 g/mol. The fourth-order valence-electron chi connectivity index (χ4n) is 2.58. The van der Waals surface area contributed by atoms with Crippen LogP contribution in [0.4, 0.5) is 15.8 Å². The summed E-state index contributed by atoms with van der Waals surface area (Å²) in [5.41, 5.74) is -0.309. The van der Waals surface area contributed by atoms with Gasteiger partial charge in [-0.1, -0.05) is 0 Å². The van der Waals surface area contributed by atoms with E-state index >= 15 is 0 Å². The standard InChI is InChI=1S/C16H14FIN4O3/c1-21-13(24)7-12(20-11-3-2-9(18)6-10(11)17)14-15(25)19-8-22(4-5-23)16(14)21/h2-3,6-8,20,23H,4-5H2,1H3. The van der Waals surface area contributed by atoms with Crippen LogP contribution in [-0.4, -0.2) is 25.8 Å². The van der Waals surface area contributed by atoms with Crippen LogP contribution in [0.1, 0.15) is 0 Å². The first-order valence-corrected chi connectivity index (χ1v) is 8.42. The Morgan fingerprint density at radius 1 is 1.28 bits per heavy atom. The van der Waals surface area contributed by atoms with Gasteiger partial charge in [0.15, 0.2) is 0 Å². The van der Waals surface area contributed by atoms with Crippen molar-refractivity contribution >= 4 is 45.0 Å². The Morgan fingerprint density at radius 3 is 2.72 bits per heavy atom. The highest BCUT2D eigenvalue weighted by atomic mass is 127. The minimum atomic E-state index is -0.548. The third kappa shape index (κ3) is 3.29. The Hall–Kier alpha value is -2.27. The normalized spacial score (nSPS) is 11.0. The van der Waals surface area contributed by atoms with E-state index in [0.29, 0.717) is 5.65 Å². The number of nitrogens with one attached hydrogen (secondary N) is 1. The summed E-state index contributed by atoms with van der Waals surface area (Å²) in [5, 5.41) is 12.2. The molecule has 1 aromatic carbocycles. The highest BCUT2D eigenvalue weighted by molar-refractivity contribution is 14.1. The van der Waals surface area contributed by atoms with Gasteiger partial charge in [0.1, 0.15) is 23.2 Å². The van der Waals surface area contributed by atoms with Crippen molar-refractivity contribution in [3.05, 3.63) is 60.7 Å². The van der Waals surface area contributed by atoms with Gasteiger partial charge < -0.3 is 15.0 Å². The molecular formula is C16H14FIN4O3. The van der Waals surface area contributed by atoms with E-state index in [0.717, 1.165) is 3.57 Å². The summed E-state index contributed by atoms with van der Waals surface area (Å²) < 4.78 is 17.7. The molecule has 2 aromatic heterocycles. The van der Waals surface area contributed by atoms with Crippen molar-refractivity contribution in [3.63, 3.8) is 0 Å². The second kappa shape index (κ2) is 6.92. The molecule has 0 saturated carbocycles. The predicted octanol–water partition coefficient (Wildman–Crippen LogP) is 1.57. The van der Waals surface area contributed by atoms with Gasteiger partial charge >= 0.3 is 0 Å². The van der Waals surface area contributed by atoms with Gasteiger partial charge in [0.25, 0.3) is 11.1 Å². The second-order valence-electron chi connectivity index (χ2n) is 5.37. The lowest BCUT2D eigenvalue weighted by Crippen LogP contribution is -2.25. The number of aromatic nitrogens is 3. The second-order valence-corrected chi connectivity index (χ2v) is 6.62. The van der Waals surface area contributed by atoms with Crippen LogP contribution in [0.25, 0.3) is 11.0 Å². The minimum Gasteiger partial charge on any atom is -0.395 e. The molecule has 9 heteroatoms. The molecule has 2 N–H and O–H groups in total. The molecule has 0 fully saturated rings. The highest BCUT2D eigenvalue weighted by Gasteiger charge is 2.15. The number of fused-ring (bicyclic) bond motifs is 1. The lowest BCUT2D eigenvalue weighted by atomic mass is 10.2. The molecule has 130 valence electrons. The molecule has 3 rings (SSSR count). The Labute approximate surface area is 154 Å². The van der Waals surface area contributed by atoms with Crippen molar-refractivity contribution in [2.75, 3.05) is 11.9 Å². The molecule has 0 aliphatic rings. The SMILES string of the molecule is Cn1c(=O)cc(Nc2ccc(I)cc2F)c2c(=O)ncn(CCO)c21. The molecule has 0 unspecified atom stereocenters.